The molecule has 0 amide bonds. The highest BCUT2D eigenvalue weighted by Gasteiger charge is 2.53. The summed E-state index contributed by atoms with van der Waals surface area (Å²) in [5.41, 5.74) is -3.15. The molecule has 1 N–H and O–H groups in total. The molecule has 0 bridgehead atoms. The van der Waals surface area contributed by atoms with Crippen LogP contribution in [0.15, 0.2) is 36.9 Å². The van der Waals surface area contributed by atoms with Gasteiger partial charge in [-0.05, 0) is 17.7 Å². The number of halogens is 4. The predicted octanol–water partition coefficient (Wildman–Crippen LogP) is 3.67. The van der Waals surface area contributed by atoms with Crippen molar-refractivity contribution in [2.75, 3.05) is 0 Å². The molecule has 0 saturated carbocycles. The molecule has 0 saturated heterocycles. The van der Waals surface area contributed by atoms with Gasteiger partial charge in [0.05, 0.1) is 0 Å². The van der Waals surface area contributed by atoms with E-state index >= 15 is 0 Å². The van der Waals surface area contributed by atoms with Gasteiger partial charge in [-0.1, -0.05) is 29.8 Å². The molecule has 0 fully saturated rings. The number of benzene rings is 1. The fourth-order valence-corrected chi connectivity index (χ4v) is 1.46. The minimum Gasteiger partial charge on any atom is -0.376 e. The third-order valence-electron chi connectivity index (χ3n) is 2.23. The van der Waals surface area contributed by atoms with Gasteiger partial charge in [-0.3, -0.25) is 0 Å². The topological polar surface area (TPSA) is 20.2 Å². The van der Waals surface area contributed by atoms with E-state index in [0.717, 1.165) is 18.2 Å². The molecule has 0 radical (unpaired) electrons. The Hall–Kier alpha value is -1.00. The molecule has 5 heteroatoms. The molecular weight excluding hydrogens is 241 g/mol. The summed E-state index contributed by atoms with van der Waals surface area (Å²) >= 11 is 5.57. The molecular formula is C11H10ClF3O. The molecule has 1 atom stereocenters. The van der Waals surface area contributed by atoms with E-state index in [1.807, 2.05) is 0 Å². The zero-order valence-electron chi connectivity index (χ0n) is 8.26. The molecule has 88 valence electrons. The first-order chi connectivity index (χ1) is 7.31. The van der Waals surface area contributed by atoms with E-state index < -0.39 is 18.2 Å². The van der Waals surface area contributed by atoms with Crippen LogP contribution in [0.5, 0.6) is 0 Å². The molecule has 1 unspecified atom stereocenters. The lowest BCUT2D eigenvalue weighted by Crippen LogP contribution is -2.41. The monoisotopic (exact) mass is 250 g/mol. The Bertz CT molecular complexity index is 372. The van der Waals surface area contributed by atoms with Gasteiger partial charge in [0.1, 0.15) is 0 Å². The van der Waals surface area contributed by atoms with Crippen molar-refractivity contribution in [2.45, 2.75) is 18.2 Å². The van der Waals surface area contributed by atoms with Gasteiger partial charge in [0.2, 0.25) is 0 Å². The maximum Gasteiger partial charge on any atom is 0.421 e. The molecule has 0 heterocycles. The molecule has 0 aliphatic heterocycles. The quantitative estimate of drug-likeness (QED) is 0.812. The van der Waals surface area contributed by atoms with Crippen LogP contribution in [0.2, 0.25) is 5.02 Å². The van der Waals surface area contributed by atoms with Crippen LogP contribution in [0.4, 0.5) is 13.2 Å². The van der Waals surface area contributed by atoms with Crippen molar-refractivity contribution in [3.63, 3.8) is 0 Å². The predicted molar refractivity (Wildman–Crippen MR) is 56.2 cm³/mol. The lowest BCUT2D eigenvalue weighted by Gasteiger charge is -2.29. The summed E-state index contributed by atoms with van der Waals surface area (Å²) in [6, 6.07) is 4.91. The molecule has 16 heavy (non-hydrogen) atoms. The van der Waals surface area contributed by atoms with Gasteiger partial charge in [0, 0.05) is 11.4 Å². The molecule has 0 spiro atoms. The lowest BCUT2D eigenvalue weighted by molar-refractivity contribution is -0.265. The van der Waals surface area contributed by atoms with Gasteiger partial charge in [0.25, 0.3) is 0 Å². The van der Waals surface area contributed by atoms with E-state index in [4.69, 9.17) is 11.6 Å². The van der Waals surface area contributed by atoms with E-state index in [-0.39, 0.29) is 5.56 Å². The second-order valence-corrected chi connectivity index (χ2v) is 3.79. The second-order valence-electron chi connectivity index (χ2n) is 3.36. The summed E-state index contributed by atoms with van der Waals surface area (Å²) in [6.07, 6.45) is -4.32. The average Bonchev–Trinajstić information content (AvgIpc) is 2.17. The Labute approximate surface area is 96.2 Å². The summed E-state index contributed by atoms with van der Waals surface area (Å²) in [6.45, 7) is 3.22. The Morgan fingerprint density at radius 2 is 1.75 bits per heavy atom. The summed E-state index contributed by atoms with van der Waals surface area (Å²) < 4.78 is 38.2. The van der Waals surface area contributed by atoms with Crippen molar-refractivity contribution in [1.29, 1.82) is 0 Å². The van der Waals surface area contributed by atoms with Crippen LogP contribution < -0.4 is 0 Å². The molecule has 1 aromatic carbocycles. The largest absolute Gasteiger partial charge is 0.421 e. The summed E-state index contributed by atoms with van der Waals surface area (Å²) in [5.74, 6) is 0. The van der Waals surface area contributed by atoms with Crippen LogP contribution in [-0.4, -0.2) is 11.3 Å². The maximum absolute atomic E-state index is 12.7. The van der Waals surface area contributed by atoms with Crippen molar-refractivity contribution in [1.82, 2.24) is 0 Å². The van der Waals surface area contributed by atoms with Crippen molar-refractivity contribution in [2.24, 2.45) is 0 Å². The maximum atomic E-state index is 12.7. The van der Waals surface area contributed by atoms with Crippen molar-refractivity contribution in [3.8, 4) is 0 Å². The van der Waals surface area contributed by atoms with Gasteiger partial charge < -0.3 is 5.11 Å². The van der Waals surface area contributed by atoms with Crippen molar-refractivity contribution in [3.05, 3.63) is 47.5 Å². The van der Waals surface area contributed by atoms with Crippen molar-refractivity contribution < 1.29 is 18.3 Å². The second kappa shape index (κ2) is 4.47. The minimum atomic E-state index is -4.75. The number of rotatable bonds is 3. The van der Waals surface area contributed by atoms with Crippen LogP contribution in [0, 0.1) is 0 Å². The molecule has 0 aliphatic carbocycles. The van der Waals surface area contributed by atoms with Crippen LogP contribution >= 0.6 is 11.6 Å². The van der Waals surface area contributed by atoms with E-state index in [9.17, 15) is 18.3 Å². The Balaban J connectivity index is 3.21. The molecule has 1 aromatic rings. The third kappa shape index (κ3) is 2.39. The van der Waals surface area contributed by atoms with Crippen molar-refractivity contribution >= 4 is 11.6 Å². The number of hydrogen-bond donors (Lipinski definition) is 1. The van der Waals surface area contributed by atoms with E-state index in [1.54, 1.807) is 0 Å². The normalized spacial score (nSPS) is 15.6. The number of aliphatic hydroxyl groups is 1. The highest BCUT2D eigenvalue weighted by molar-refractivity contribution is 6.30. The smallest absolute Gasteiger partial charge is 0.376 e. The van der Waals surface area contributed by atoms with Crippen LogP contribution in [0.1, 0.15) is 12.0 Å². The molecule has 0 aromatic heterocycles. The first kappa shape index (κ1) is 13.1. The highest BCUT2D eigenvalue weighted by Crippen LogP contribution is 2.41. The minimum absolute atomic E-state index is 0.246. The fraction of sp³-hybridized carbons (Fsp3) is 0.273. The number of hydrogen-bond acceptors (Lipinski definition) is 1. The molecule has 1 rings (SSSR count). The van der Waals surface area contributed by atoms with Crippen LogP contribution in [0.25, 0.3) is 0 Å². The number of alkyl halides is 3. The third-order valence-corrected chi connectivity index (χ3v) is 2.48. The lowest BCUT2D eigenvalue weighted by atomic mass is 9.90. The fourth-order valence-electron chi connectivity index (χ4n) is 1.33. The zero-order chi connectivity index (χ0) is 12.4. The van der Waals surface area contributed by atoms with Crippen LogP contribution in [0.3, 0.4) is 0 Å². The Morgan fingerprint density at radius 3 is 2.12 bits per heavy atom. The van der Waals surface area contributed by atoms with Gasteiger partial charge in [-0.25, -0.2) is 0 Å². The average molecular weight is 251 g/mol. The first-order valence-corrected chi connectivity index (χ1v) is 4.85. The Morgan fingerprint density at radius 1 is 1.25 bits per heavy atom. The van der Waals surface area contributed by atoms with Gasteiger partial charge >= 0.3 is 6.18 Å². The Kier molecular flexibility index (Phi) is 3.65. The standard InChI is InChI=1S/C11H10ClF3O/c1-2-7-10(16,11(13,14)15)8-3-5-9(12)6-4-8/h2-6,16H,1,7H2. The SMILES string of the molecule is C=CCC(O)(c1ccc(Cl)cc1)C(F)(F)F. The summed E-state index contributed by atoms with van der Waals surface area (Å²) in [4.78, 5) is 0. The molecule has 0 aliphatic rings. The highest BCUT2D eigenvalue weighted by atomic mass is 35.5. The van der Waals surface area contributed by atoms with Gasteiger partial charge in [-0.2, -0.15) is 13.2 Å². The van der Waals surface area contributed by atoms with E-state index in [0.29, 0.717) is 5.02 Å². The zero-order valence-corrected chi connectivity index (χ0v) is 9.02. The molecule has 1 nitrogen and oxygen atoms in total. The van der Waals surface area contributed by atoms with E-state index in [1.165, 1.54) is 12.1 Å². The first-order valence-electron chi connectivity index (χ1n) is 4.47. The summed E-state index contributed by atoms with van der Waals surface area (Å²) in [7, 11) is 0. The van der Waals surface area contributed by atoms with E-state index in [2.05, 4.69) is 6.58 Å². The van der Waals surface area contributed by atoms with Gasteiger partial charge in [0.15, 0.2) is 5.60 Å². The summed E-state index contributed by atoms with van der Waals surface area (Å²) in [5, 5.41) is 9.98. The van der Waals surface area contributed by atoms with Gasteiger partial charge in [-0.15, -0.1) is 6.58 Å². The van der Waals surface area contributed by atoms with Crippen LogP contribution in [-0.2, 0) is 5.60 Å².